The van der Waals surface area contributed by atoms with Gasteiger partial charge in [0.1, 0.15) is 5.82 Å². The predicted molar refractivity (Wildman–Crippen MR) is 55.9 cm³/mol. The minimum Gasteiger partial charge on any atom is -0.310 e. The van der Waals surface area contributed by atoms with Crippen molar-refractivity contribution in [1.29, 1.82) is 0 Å². The summed E-state index contributed by atoms with van der Waals surface area (Å²) in [6.07, 6.45) is 2.69. The lowest BCUT2D eigenvalue weighted by Gasteiger charge is -2.06. The third-order valence-corrected chi connectivity index (χ3v) is 3.15. The second kappa shape index (κ2) is 5.07. The summed E-state index contributed by atoms with van der Waals surface area (Å²) < 4.78 is 0. The highest BCUT2D eigenvalue weighted by Crippen LogP contribution is 2.16. The Morgan fingerprint density at radius 1 is 1.69 bits per heavy atom. The Morgan fingerprint density at radius 2 is 2.46 bits per heavy atom. The van der Waals surface area contributed by atoms with Gasteiger partial charge >= 0.3 is 0 Å². The first-order valence-corrected chi connectivity index (χ1v) is 5.43. The minimum absolute atomic E-state index is 0.0743. The van der Waals surface area contributed by atoms with Gasteiger partial charge in [-0.2, -0.15) is 11.8 Å². The van der Waals surface area contributed by atoms with E-state index in [1.165, 1.54) is 6.07 Å². The lowest BCUT2D eigenvalue weighted by molar-refractivity contribution is 0.899. The monoisotopic (exact) mass is 198 g/mol. The van der Waals surface area contributed by atoms with E-state index in [2.05, 4.69) is 23.8 Å². The molecule has 1 N–H and O–H groups in total. The summed E-state index contributed by atoms with van der Waals surface area (Å²) in [5, 5.41) is 0.616. The molecule has 0 saturated carbocycles. The van der Waals surface area contributed by atoms with Crippen molar-refractivity contribution in [2.75, 3.05) is 0 Å². The summed E-state index contributed by atoms with van der Waals surface area (Å²) >= 11 is 1.81. The first-order chi connectivity index (χ1) is 6.22. The fourth-order valence-electron chi connectivity index (χ4n) is 0.823. The van der Waals surface area contributed by atoms with E-state index >= 15 is 0 Å². The van der Waals surface area contributed by atoms with Crippen molar-refractivity contribution in [2.45, 2.75) is 31.3 Å². The summed E-state index contributed by atoms with van der Waals surface area (Å²) in [6, 6.07) is 1.43. The van der Waals surface area contributed by atoms with E-state index in [1.807, 2.05) is 0 Å². The Balaban J connectivity index is 2.50. The van der Waals surface area contributed by atoms with Crippen molar-refractivity contribution in [2.24, 2.45) is 0 Å². The molecule has 0 aliphatic rings. The molecule has 1 rings (SSSR count). The molecule has 0 radical (unpaired) electrons. The molecule has 0 aliphatic heterocycles. The van der Waals surface area contributed by atoms with Gasteiger partial charge in [0.2, 0.25) is 0 Å². The molecule has 0 fully saturated rings. The molecule has 0 spiro atoms. The van der Waals surface area contributed by atoms with Gasteiger partial charge < -0.3 is 4.98 Å². The molecular weight excluding hydrogens is 184 g/mol. The van der Waals surface area contributed by atoms with Crippen molar-refractivity contribution < 1.29 is 0 Å². The number of nitrogens with zero attached hydrogens (tertiary/aromatic N) is 1. The maximum atomic E-state index is 10.9. The average Bonchev–Trinajstić information content (AvgIpc) is 2.14. The van der Waals surface area contributed by atoms with Gasteiger partial charge in [-0.15, -0.1) is 0 Å². The lowest BCUT2D eigenvalue weighted by atomic mass is 10.4. The largest absolute Gasteiger partial charge is 0.310 e. The minimum atomic E-state index is -0.0743. The molecule has 1 heterocycles. The van der Waals surface area contributed by atoms with Gasteiger partial charge in [0.15, 0.2) is 0 Å². The fourth-order valence-corrected chi connectivity index (χ4v) is 1.65. The number of aromatic amines is 1. The number of thioether (sulfide) groups is 1. The van der Waals surface area contributed by atoms with Crippen LogP contribution < -0.4 is 5.56 Å². The predicted octanol–water partition coefficient (Wildman–Crippen LogP) is 1.80. The van der Waals surface area contributed by atoms with Crippen molar-refractivity contribution in [1.82, 2.24) is 9.97 Å². The summed E-state index contributed by atoms with van der Waals surface area (Å²) in [5.41, 5.74) is -0.0743. The van der Waals surface area contributed by atoms with Crippen LogP contribution in [0.2, 0.25) is 0 Å². The van der Waals surface area contributed by atoms with Gasteiger partial charge in [0.05, 0.1) is 5.75 Å². The highest BCUT2D eigenvalue weighted by molar-refractivity contribution is 7.99. The normalized spacial score (nSPS) is 12.8. The lowest BCUT2D eigenvalue weighted by Crippen LogP contribution is -2.08. The van der Waals surface area contributed by atoms with Crippen molar-refractivity contribution >= 4 is 11.8 Å². The van der Waals surface area contributed by atoms with Gasteiger partial charge in [-0.3, -0.25) is 4.79 Å². The second-order valence-corrected chi connectivity index (χ2v) is 4.34. The van der Waals surface area contributed by atoms with Gasteiger partial charge in [0.25, 0.3) is 5.56 Å². The first kappa shape index (κ1) is 10.3. The van der Waals surface area contributed by atoms with Crippen LogP contribution in [0.5, 0.6) is 0 Å². The maximum Gasteiger partial charge on any atom is 0.250 e. The summed E-state index contributed by atoms with van der Waals surface area (Å²) in [4.78, 5) is 17.7. The van der Waals surface area contributed by atoms with Crippen LogP contribution in [0.1, 0.15) is 26.1 Å². The Kier molecular flexibility index (Phi) is 4.02. The number of hydrogen-bond donors (Lipinski definition) is 1. The second-order valence-electron chi connectivity index (χ2n) is 2.91. The molecule has 0 bridgehead atoms. The number of aromatic nitrogens is 2. The van der Waals surface area contributed by atoms with E-state index in [9.17, 15) is 4.79 Å². The van der Waals surface area contributed by atoms with E-state index in [0.717, 1.165) is 18.0 Å². The van der Waals surface area contributed by atoms with E-state index in [1.54, 1.807) is 18.0 Å². The highest BCUT2D eigenvalue weighted by Gasteiger charge is 2.01. The van der Waals surface area contributed by atoms with E-state index in [4.69, 9.17) is 0 Å². The summed E-state index contributed by atoms with van der Waals surface area (Å²) in [5.74, 6) is 1.54. The van der Waals surface area contributed by atoms with Crippen LogP contribution in [0.15, 0.2) is 17.1 Å². The average molecular weight is 198 g/mol. The van der Waals surface area contributed by atoms with Crippen molar-refractivity contribution in [3.63, 3.8) is 0 Å². The molecule has 0 saturated heterocycles. The van der Waals surface area contributed by atoms with Crippen molar-refractivity contribution in [3.8, 4) is 0 Å². The molecule has 0 amide bonds. The highest BCUT2D eigenvalue weighted by atomic mass is 32.2. The van der Waals surface area contributed by atoms with Crippen LogP contribution in [-0.2, 0) is 5.75 Å². The topological polar surface area (TPSA) is 45.8 Å². The third-order valence-electron chi connectivity index (χ3n) is 1.80. The Bertz CT molecular complexity index is 310. The van der Waals surface area contributed by atoms with Crippen LogP contribution in [-0.4, -0.2) is 15.2 Å². The molecular formula is C9H14N2OS. The zero-order valence-corrected chi connectivity index (χ0v) is 8.73. The molecule has 13 heavy (non-hydrogen) atoms. The number of nitrogens with one attached hydrogen (secondary N) is 1. The Morgan fingerprint density at radius 3 is 3.08 bits per heavy atom. The third kappa shape index (κ3) is 3.63. The first-order valence-electron chi connectivity index (χ1n) is 4.38. The molecule has 1 atom stereocenters. The Labute approximate surface area is 82.0 Å². The van der Waals surface area contributed by atoms with Crippen molar-refractivity contribution in [3.05, 3.63) is 28.4 Å². The smallest absolute Gasteiger partial charge is 0.250 e. The zero-order chi connectivity index (χ0) is 9.68. The van der Waals surface area contributed by atoms with Crippen LogP contribution in [0.4, 0.5) is 0 Å². The molecule has 0 aromatic carbocycles. The van der Waals surface area contributed by atoms with Gasteiger partial charge in [-0.05, 0) is 6.42 Å². The van der Waals surface area contributed by atoms with E-state index in [0.29, 0.717) is 5.25 Å². The van der Waals surface area contributed by atoms with Crippen LogP contribution >= 0.6 is 11.8 Å². The fraction of sp³-hybridized carbons (Fsp3) is 0.556. The molecule has 1 aromatic rings. The summed E-state index contributed by atoms with van der Waals surface area (Å²) in [7, 11) is 0. The van der Waals surface area contributed by atoms with E-state index in [-0.39, 0.29) is 5.56 Å². The molecule has 72 valence electrons. The number of rotatable bonds is 4. The summed E-state index contributed by atoms with van der Waals surface area (Å²) in [6.45, 7) is 4.32. The molecule has 4 heteroatoms. The standard InChI is InChI=1S/C9H14N2OS/c1-3-7(2)13-6-8-10-5-4-9(12)11-8/h4-5,7H,3,6H2,1-2H3,(H,10,11,12). The SMILES string of the molecule is CCC(C)SCc1nccc(=O)[nH]1. The zero-order valence-electron chi connectivity index (χ0n) is 7.91. The van der Waals surface area contributed by atoms with Gasteiger partial charge in [0, 0.05) is 17.5 Å². The molecule has 1 unspecified atom stereocenters. The van der Waals surface area contributed by atoms with Gasteiger partial charge in [-0.1, -0.05) is 13.8 Å². The molecule has 0 aliphatic carbocycles. The Hall–Kier alpha value is -0.770. The quantitative estimate of drug-likeness (QED) is 0.802. The van der Waals surface area contributed by atoms with Crippen LogP contribution in [0, 0.1) is 0 Å². The van der Waals surface area contributed by atoms with Crippen LogP contribution in [0.3, 0.4) is 0 Å². The molecule has 1 aromatic heterocycles. The molecule has 3 nitrogen and oxygen atoms in total. The van der Waals surface area contributed by atoms with Crippen LogP contribution in [0.25, 0.3) is 0 Å². The van der Waals surface area contributed by atoms with E-state index < -0.39 is 0 Å². The number of hydrogen-bond acceptors (Lipinski definition) is 3. The van der Waals surface area contributed by atoms with Gasteiger partial charge in [-0.25, -0.2) is 4.98 Å². The number of H-pyrrole nitrogens is 1. The maximum absolute atomic E-state index is 10.9.